The number of hydrogen-bond donors (Lipinski definition) is 1. The fraction of sp³-hybridized carbons (Fsp3) is 0.625. The molecule has 0 radical (unpaired) electrons. The number of aryl methyl sites for hydroxylation is 1. The Balaban J connectivity index is 0.00000200. The van der Waals surface area contributed by atoms with Gasteiger partial charge < -0.3 is 15.0 Å². The maximum atomic E-state index is 5.80. The lowest BCUT2D eigenvalue weighted by Gasteiger charge is -2.29. The number of ether oxygens (including phenoxy) is 1. The van der Waals surface area contributed by atoms with Crippen LogP contribution in [-0.2, 0) is 0 Å². The van der Waals surface area contributed by atoms with Gasteiger partial charge in [-0.2, -0.15) is 0 Å². The molecule has 0 aliphatic carbocycles. The Kier molecular flexibility index (Phi) is 6.80. The van der Waals surface area contributed by atoms with Crippen molar-refractivity contribution in [3.05, 3.63) is 29.8 Å². The summed E-state index contributed by atoms with van der Waals surface area (Å²) >= 11 is 0. The van der Waals surface area contributed by atoms with Gasteiger partial charge in [0.2, 0.25) is 0 Å². The van der Waals surface area contributed by atoms with Crippen molar-refractivity contribution in [2.75, 3.05) is 39.8 Å². The van der Waals surface area contributed by atoms with Crippen LogP contribution < -0.4 is 10.1 Å². The van der Waals surface area contributed by atoms with E-state index < -0.39 is 0 Å². The van der Waals surface area contributed by atoms with E-state index in [1.54, 1.807) is 0 Å². The molecule has 0 aromatic heterocycles. The highest BCUT2D eigenvalue weighted by Crippen LogP contribution is 2.25. The van der Waals surface area contributed by atoms with Gasteiger partial charge in [0, 0.05) is 19.6 Å². The second-order valence-corrected chi connectivity index (χ2v) is 6.14. The van der Waals surface area contributed by atoms with Gasteiger partial charge in [0.15, 0.2) is 0 Å². The number of hydrogen-bond acceptors (Lipinski definition) is 3. The molecule has 0 spiro atoms. The van der Waals surface area contributed by atoms with Crippen LogP contribution in [0.5, 0.6) is 5.75 Å². The van der Waals surface area contributed by atoms with Crippen molar-refractivity contribution in [1.82, 2.24) is 10.2 Å². The molecule has 2 rings (SSSR count). The quantitative estimate of drug-likeness (QED) is 0.874. The maximum Gasteiger partial charge on any atom is 0.119 e. The first kappa shape index (κ1) is 17.3. The molecule has 0 bridgehead atoms. The molecule has 0 amide bonds. The molecule has 0 saturated carbocycles. The van der Waals surface area contributed by atoms with Gasteiger partial charge in [0.05, 0.1) is 0 Å². The first-order valence-corrected chi connectivity index (χ1v) is 7.16. The lowest BCUT2D eigenvalue weighted by atomic mass is 9.89. The molecule has 1 heterocycles. The molecular formula is C16H27ClN2O. The summed E-state index contributed by atoms with van der Waals surface area (Å²) in [6.07, 6.45) is 1.27. The molecule has 1 aliphatic heterocycles. The van der Waals surface area contributed by atoms with E-state index in [4.69, 9.17) is 4.74 Å². The largest absolute Gasteiger partial charge is 0.492 e. The summed E-state index contributed by atoms with van der Waals surface area (Å²) < 4.78 is 5.80. The van der Waals surface area contributed by atoms with Gasteiger partial charge in [-0.15, -0.1) is 12.4 Å². The fourth-order valence-electron chi connectivity index (χ4n) is 2.76. The standard InChI is InChI=1S/C16H26N2O.ClH/c1-14-5-4-6-15(11-14)19-10-9-18(3)13-16(2)7-8-17-12-16;/h4-6,11,17H,7-10,12-13H2,1-3H3;1H. The second kappa shape index (κ2) is 7.87. The van der Waals surface area contributed by atoms with Crippen LogP contribution in [0.4, 0.5) is 0 Å². The van der Waals surface area contributed by atoms with Gasteiger partial charge in [0.25, 0.3) is 0 Å². The van der Waals surface area contributed by atoms with Crippen molar-refractivity contribution in [2.45, 2.75) is 20.3 Å². The average Bonchev–Trinajstić information content (AvgIpc) is 2.75. The summed E-state index contributed by atoms with van der Waals surface area (Å²) in [5.41, 5.74) is 1.67. The van der Waals surface area contributed by atoms with Crippen LogP contribution in [0.3, 0.4) is 0 Å². The Hall–Kier alpha value is -0.770. The van der Waals surface area contributed by atoms with Gasteiger partial charge in [-0.05, 0) is 50.0 Å². The first-order chi connectivity index (χ1) is 9.07. The van der Waals surface area contributed by atoms with E-state index in [-0.39, 0.29) is 12.4 Å². The summed E-state index contributed by atoms with van der Waals surface area (Å²) in [4.78, 5) is 2.38. The topological polar surface area (TPSA) is 24.5 Å². The van der Waals surface area contributed by atoms with Crippen LogP contribution in [0.15, 0.2) is 24.3 Å². The van der Waals surface area contributed by atoms with Crippen LogP contribution >= 0.6 is 12.4 Å². The molecule has 114 valence electrons. The molecule has 1 aromatic rings. The summed E-state index contributed by atoms with van der Waals surface area (Å²) in [6.45, 7) is 9.61. The number of likely N-dealkylation sites (N-methyl/N-ethyl adjacent to an activating group) is 1. The monoisotopic (exact) mass is 298 g/mol. The second-order valence-electron chi connectivity index (χ2n) is 6.14. The minimum absolute atomic E-state index is 0. The summed E-state index contributed by atoms with van der Waals surface area (Å²) in [6, 6.07) is 8.24. The zero-order valence-corrected chi connectivity index (χ0v) is 13.6. The van der Waals surface area contributed by atoms with Crippen molar-refractivity contribution in [1.29, 1.82) is 0 Å². The van der Waals surface area contributed by atoms with E-state index in [9.17, 15) is 0 Å². The van der Waals surface area contributed by atoms with Gasteiger partial charge in [0.1, 0.15) is 12.4 Å². The molecule has 1 unspecified atom stereocenters. The molecule has 1 saturated heterocycles. The third-order valence-corrected chi connectivity index (χ3v) is 3.84. The van der Waals surface area contributed by atoms with Crippen molar-refractivity contribution >= 4 is 12.4 Å². The molecule has 1 fully saturated rings. The van der Waals surface area contributed by atoms with E-state index in [1.807, 2.05) is 12.1 Å². The molecule has 4 heteroatoms. The Labute approximate surface area is 129 Å². The smallest absolute Gasteiger partial charge is 0.119 e. The Morgan fingerprint density at radius 1 is 1.40 bits per heavy atom. The van der Waals surface area contributed by atoms with E-state index in [2.05, 4.69) is 43.2 Å². The highest BCUT2D eigenvalue weighted by Gasteiger charge is 2.29. The predicted molar refractivity (Wildman–Crippen MR) is 87.0 cm³/mol. The Bertz CT molecular complexity index is 405. The number of benzene rings is 1. The lowest BCUT2D eigenvalue weighted by Crippen LogP contribution is -2.37. The van der Waals surface area contributed by atoms with E-state index in [1.165, 1.54) is 12.0 Å². The first-order valence-electron chi connectivity index (χ1n) is 7.16. The SMILES string of the molecule is Cc1cccc(OCCN(C)CC2(C)CCNC2)c1.Cl. The zero-order valence-electron chi connectivity index (χ0n) is 12.8. The number of nitrogens with zero attached hydrogens (tertiary/aromatic N) is 1. The van der Waals surface area contributed by atoms with E-state index in [0.717, 1.165) is 38.5 Å². The van der Waals surface area contributed by atoms with Crippen LogP contribution in [0.25, 0.3) is 0 Å². The molecular weight excluding hydrogens is 272 g/mol. The molecule has 1 aromatic carbocycles. The van der Waals surface area contributed by atoms with Crippen LogP contribution in [0, 0.1) is 12.3 Å². The van der Waals surface area contributed by atoms with Crippen molar-refractivity contribution < 1.29 is 4.74 Å². The molecule has 1 atom stereocenters. The number of rotatable bonds is 6. The van der Waals surface area contributed by atoms with E-state index >= 15 is 0 Å². The normalized spacial score (nSPS) is 21.8. The zero-order chi connectivity index (χ0) is 13.7. The van der Waals surface area contributed by atoms with E-state index in [0.29, 0.717) is 5.41 Å². The number of halogens is 1. The minimum Gasteiger partial charge on any atom is -0.492 e. The minimum atomic E-state index is 0. The molecule has 1 N–H and O–H groups in total. The Morgan fingerprint density at radius 2 is 2.20 bits per heavy atom. The van der Waals surface area contributed by atoms with Gasteiger partial charge in [-0.1, -0.05) is 19.1 Å². The number of nitrogens with one attached hydrogen (secondary N) is 1. The third kappa shape index (κ3) is 5.31. The van der Waals surface area contributed by atoms with Crippen LogP contribution in [0.1, 0.15) is 18.9 Å². The van der Waals surface area contributed by atoms with Crippen LogP contribution in [-0.4, -0.2) is 44.7 Å². The average molecular weight is 299 g/mol. The van der Waals surface area contributed by atoms with Gasteiger partial charge >= 0.3 is 0 Å². The van der Waals surface area contributed by atoms with Gasteiger partial charge in [-0.25, -0.2) is 0 Å². The third-order valence-electron chi connectivity index (χ3n) is 3.84. The highest BCUT2D eigenvalue weighted by molar-refractivity contribution is 5.85. The van der Waals surface area contributed by atoms with Crippen molar-refractivity contribution in [3.8, 4) is 5.75 Å². The molecule has 20 heavy (non-hydrogen) atoms. The molecule has 3 nitrogen and oxygen atoms in total. The van der Waals surface area contributed by atoms with Crippen molar-refractivity contribution in [2.24, 2.45) is 5.41 Å². The highest BCUT2D eigenvalue weighted by atomic mass is 35.5. The summed E-state index contributed by atoms with van der Waals surface area (Å²) in [7, 11) is 2.18. The Morgan fingerprint density at radius 3 is 2.85 bits per heavy atom. The summed E-state index contributed by atoms with van der Waals surface area (Å²) in [5.74, 6) is 0.974. The van der Waals surface area contributed by atoms with Crippen LogP contribution in [0.2, 0.25) is 0 Å². The van der Waals surface area contributed by atoms with Crippen molar-refractivity contribution in [3.63, 3.8) is 0 Å². The molecule has 1 aliphatic rings. The maximum absolute atomic E-state index is 5.80. The van der Waals surface area contributed by atoms with Gasteiger partial charge in [-0.3, -0.25) is 0 Å². The fourth-order valence-corrected chi connectivity index (χ4v) is 2.76. The predicted octanol–water partition coefficient (Wildman–Crippen LogP) is 2.73. The lowest BCUT2D eigenvalue weighted by molar-refractivity contribution is 0.177. The summed E-state index contributed by atoms with van der Waals surface area (Å²) in [5, 5.41) is 3.45.